The first-order valence-corrected chi connectivity index (χ1v) is 9.92. The van der Waals surface area contributed by atoms with Crippen molar-refractivity contribution in [2.75, 3.05) is 20.6 Å². The summed E-state index contributed by atoms with van der Waals surface area (Å²) in [7, 11) is -0.668. The predicted molar refractivity (Wildman–Crippen MR) is 101 cm³/mol. The third kappa shape index (κ3) is 4.63. The summed E-state index contributed by atoms with van der Waals surface area (Å²) in [4.78, 5) is 12.3. The molecule has 0 bridgehead atoms. The molecule has 0 atom stereocenters. The molecule has 2 aromatic rings. The molecule has 1 amide bonds. The van der Waals surface area contributed by atoms with Crippen molar-refractivity contribution < 1.29 is 13.2 Å². The minimum Gasteiger partial charge on any atom is -0.354 e. The molecule has 0 fully saturated rings. The first kappa shape index (κ1) is 20.4. The number of hydrogen-bond donors (Lipinski definition) is 1. The van der Waals surface area contributed by atoms with Crippen LogP contribution in [0, 0.1) is 13.8 Å². The van der Waals surface area contributed by atoms with Gasteiger partial charge in [-0.15, -0.1) is 0 Å². The molecular weight excluding hydrogens is 376 g/mol. The van der Waals surface area contributed by atoms with Crippen LogP contribution >= 0.6 is 11.6 Å². The second-order valence-corrected chi connectivity index (χ2v) is 8.70. The summed E-state index contributed by atoms with van der Waals surface area (Å²) in [5.74, 6) is -0.224. The van der Waals surface area contributed by atoms with Crippen LogP contribution in [0.5, 0.6) is 0 Å². The normalized spacial score (nSPS) is 11.8. The van der Waals surface area contributed by atoms with Gasteiger partial charge in [-0.05, 0) is 38.0 Å². The van der Waals surface area contributed by atoms with Crippen molar-refractivity contribution in [2.24, 2.45) is 0 Å². The van der Waals surface area contributed by atoms with E-state index in [9.17, 15) is 13.2 Å². The van der Waals surface area contributed by atoms with Gasteiger partial charge in [0.05, 0.1) is 11.4 Å². The Morgan fingerprint density at radius 3 is 2.42 bits per heavy atom. The summed E-state index contributed by atoms with van der Waals surface area (Å²) in [6.45, 7) is 3.72. The van der Waals surface area contributed by atoms with E-state index in [1.165, 1.54) is 18.8 Å². The number of amides is 1. The van der Waals surface area contributed by atoms with Crippen molar-refractivity contribution in [1.29, 1.82) is 0 Å². The molecular formula is C17H23ClN4O3S. The minimum atomic E-state index is -3.60. The third-order valence-electron chi connectivity index (χ3n) is 4.00. The summed E-state index contributed by atoms with van der Waals surface area (Å²) in [6.07, 6.45) is 0.681. The molecule has 0 radical (unpaired) electrons. The number of carbonyl (C=O) groups excluding carboxylic acids is 1. The lowest BCUT2D eigenvalue weighted by Crippen LogP contribution is -2.30. The standard InChI is InChI=1S/C17H23ClN4O3S/c1-12-17(26(24,25)21(3)4)13(2)22(20-12)11-16(23)19-10-9-14-5-7-15(18)8-6-14/h5-8H,9-11H2,1-4H3,(H,19,23). The molecule has 7 nitrogen and oxygen atoms in total. The molecule has 1 N–H and O–H groups in total. The van der Waals surface area contributed by atoms with Gasteiger partial charge in [-0.2, -0.15) is 5.10 Å². The topological polar surface area (TPSA) is 84.3 Å². The van der Waals surface area contributed by atoms with Crippen LogP contribution < -0.4 is 5.32 Å². The van der Waals surface area contributed by atoms with Gasteiger partial charge in [-0.25, -0.2) is 12.7 Å². The quantitative estimate of drug-likeness (QED) is 0.770. The number of carbonyl (C=O) groups is 1. The smallest absolute Gasteiger partial charge is 0.246 e. The van der Waals surface area contributed by atoms with E-state index < -0.39 is 10.0 Å². The van der Waals surface area contributed by atoms with Crippen LogP contribution in [0.4, 0.5) is 0 Å². The van der Waals surface area contributed by atoms with E-state index in [0.29, 0.717) is 29.4 Å². The molecule has 0 saturated carbocycles. The molecule has 2 rings (SSSR count). The number of hydrogen-bond acceptors (Lipinski definition) is 4. The SMILES string of the molecule is Cc1nn(CC(=O)NCCc2ccc(Cl)cc2)c(C)c1S(=O)(=O)N(C)C. The van der Waals surface area contributed by atoms with Gasteiger partial charge >= 0.3 is 0 Å². The molecule has 0 aliphatic carbocycles. The molecule has 142 valence electrons. The van der Waals surface area contributed by atoms with E-state index in [4.69, 9.17) is 11.6 Å². The van der Waals surface area contributed by atoms with E-state index in [0.717, 1.165) is 9.87 Å². The van der Waals surface area contributed by atoms with Gasteiger partial charge in [0.1, 0.15) is 11.4 Å². The van der Waals surface area contributed by atoms with E-state index in [2.05, 4.69) is 10.4 Å². The zero-order valence-electron chi connectivity index (χ0n) is 15.3. The fourth-order valence-corrected chi connectivity index (χ4v) is 3.96. The summed E-state index contributed by atoms with van der Waals surface area (Å²) in [5, 5.41) is 7.70. The highest BCUT2D eigenvalue weighted by molar-refractivity contribution is 7.89. The number of aryl methyl sites for hydroxylation is 1. The number of aromatic nitrogens is 2. The van der Waals surface area contributed by atoms with Crippen LogP contribution in [0.15, 0.2) is 29.2 Å². The Morgan fingerprint density at radius 2 is 1.85 bits per heavy atom. The Labute approximate surface area is 159 Å². The Balaban J connectivity index is 2.00. The maximum atomic E-state index is 12.4. The van der Waals surface area contributed by atoms with Gasteiger partial charge in [-0.3, -0.25) is 9.48 Å². The van der Waals surface area contributed by atoms with Gasteiger partial charge in [0.15, 0.2) is 0 Å². The zero-order chi connectivity index (χ0) is 19.5. The molecule has 0 unspecified atom stereocenters. The third-order valence-corrected chi connectivity index (χ3v) is 6.32. The Bertz CT molecular complexity index is 889. The molecule has 0 spiro atoms. The van der Waals surface area contributed by atoms with Gasteiger partial charge in [-0.1, -0.05) is 23.7 Å². The lowest BCUT2D eigenvalue weighted by molar-refractivity contribution is -0.121. The zero-order valence-corrected chi connectivity index (χ0v) is 16.9. The lowest BCUT2D eigenvalue weighted by atomic mass is 10.1. The Kier molecular flexibility index (Phi) is 6.44. The van der Waals surface area contributed by atoms with Crippen LogP contribution in [0.3, 0.4) is 0 Å². The van der Waals surface area contributed by atoms with Gasteiger partial charge < -0.3 is 5.32 Å². The fraction of sp³-hybridized carbons (Fsp3) is 0.412. The van der Waals surface area contributed by atoms with E-state index in [-0.39, 0.29) is 17.3 Å². The van der Waals surface area contributed by atoms with Crippen molar-refractivity contribution in [3.8, 4) is 0 Å². The first-order chi connectivity index (χ1) is 12.1. The molecule has 0 aliphatic rings. The van der Waals surface area contributed by atoms with Gasteiger partial charge in [0.25, 0.3) is 0 Å². The largest absolute Gasteiger partial charge is 0.354 e. The van der Waals surface area contributed by atoms with Crippen molar-refractivity contribution in [2.45, 2.75) is 31.7 Å². The Hall–Kier alpha value is -1.90. The summed E-state index contributed by atoms with van der Waals surface area (Å²) >= 11 is 5.84. The molecule has 1 aromatic heterocycles. The number of rotatable bonds is 7. The number of benzene rings is 1. The average molecular weight is 399 g/mol. The van der Waals surface area contributed by atoms with Gasteiger partial charge in [0.2, 0.25) is 15.9 Å². The highest BCUT2D eigenvalue weighted by Crippen LogP contribution is 2.21. The second-order valence-electron chi connectivity index (χ2n) is 6.17. The minimum absolute atomic E-state index is 0.0315. The van der Waals surface area contributed by atoms with Crippen LogP contribution in [0.25, 0.3) is 0 Å². The van der Waals surface area contributed by atoms with E-state index >= 15 is 0 Å². The van der Waals surface area contributed by atoms with Crippen molar-refractivity contribution >= 4 is 27.5 Å². The molecule has 26 heavy (non-hydrogen) atoms. The molecule has 1 heterocycles. The van der Waals surface area contributed by atoms with E-state index in [1.807, 2.05) is 12.1 Å². The van der Waals surface area contributed by atoms with Crippen LogP contribution in [0.1, 0.15) is 17.0 Å². The van der Waals surface area contributed by atoms with Crippen molar-refractivity contribution in [3.05, 3.63) is 46.2 Å². The highest BCUT2D eigenvalue weighted by Gasteiger charge is 2.27. The van der Waals surface area contributed by atoms with Crippen LogP contribution in [0.2, 0.25) is 5.02 Å². The monoisotopic (exact) mass is 398 g/mol. The highest BCUT2D eigenvalue weighted by atomic mass is 35.5. The Morgan fingerprint density at radius 1 is 1.23 bits per heavy atom. The molecule has 0 aliphatic heterocycles. The first-order valence-electron chi connectivity index (χ1n) is 8.10. The number of halogens is 1. The molecule has 0 saturated heterocycles. The maximum absolute atomic E-state index is 12.4. The number of nitrogens with zero attached hydrogens (tertiary/aromatic N) is 3. The lowest BCUT2D eigenvalue weighted by Gasteiger charge is -2.12. The maximum Gasteiger partial charge on any atom is 0.246 e. The fourth-order valence-electron chi connectivity index (χ4n) is 2.58. The predicted octanol–water partition coefficient (Wildman–Crippen LogP) is 1.76. The summed E-state index contributed by atoms with van der Waals surface area (Å²) in [6, 6.07) is 7.43. The van der Waals surface area contributed by atoms with Crippen molar-refractivity contribution in [1.82, 2.24) is 19.4 Å². The summed E-state index contributed by atoms with van der Waals surface area (Å²) < 4.78 is 27.3. The van der Waals surface area contributed by atoms with E-state index in [1.54, 1.807) is 26.0 Å². The summed E-state index contributed by atoms with van der Waals surface area (Å²) in [5.41, 5.74) is 1.90. The second kappa shape index (κ2) is 8.20. The van der Waals surface area contributed by atoms with Gasteiger partial charge in [0, 0.05) is 25.7 Å². The van der Waals surface area contributed by atoms with Crippen molar-refractivity contribution in [3.63, 3.8) is 0 Å². The molecule has 9 heteroatoms. The average Bonchev–Trinajstić information content (AvgIpc) is 2.83. The van der Waals surface area contributed by atoms with Crippen LogP contribution in [-0.2, 0) is 27.8 Å². The number of sulfonamides is 1. The van der Waals surface area contributed by atoms with Crippen LogP contribution in [-0.4, -0.2) is 49.1 Å². The molecule has 1 aromatic carbocycles. The number of nitrogens with one attached hydrogen (secondary N) is 1.